The van der Waals surface area contributed by atoms with Gasteiger partial charge in [0.2, 0.25) is 0 Å². The minimum atomic E-state index is -0.154. The molecule has 1 aliphatic heterocycles. The molecule has 150 valence electrons. The molecule has 1 atom stereocenters. The van der Waals surface area contributed by atoms with Crippen LogP contribution in [0, 0.1) is 0 Å². The van der Waals surface area contributed by atoms with Crippen molar-refractivity contribution in [1.82, 2.24) is 15.5 Å². The Balaban J connectivity index is 0.00000280. The van der Waals surface area contributed by atoms with E-state index in [9.17, 15) is 9.59 Å². The molecule has 1 unspecified atom stereocenters. The molecule has 7 heteroatoms. The van der Waals surface area contributed by atoms with E-state index in [2.05, 4.69) is 10.6 Å². The average Bonchev–Trinajstić information content (AvgIpc) is 2.71. The Bertz CT molecular complexity index is 829. The van der Waals surface area contributed by atoms with Crippen LogP contribution in [0.3, 0.4) is 0 Å². The van der Waals surface area contributed by atoms with Crippen molar-refractivity contribution in [3.8, 4) is 0 Å². The summed E-state index contributed by atoms with van der Waals surface area (Å²) in [5, 5.41) is 6.84. The van der Waals surface area contributed by atoms with Gasteiger partial charge in [0.15, 0.2) is 0 Å². The smallest absolute Gasteiger partial charge is 0.254 e. The average molecular weight is 422 g/mol. The van der Waals surface area contributed by atoms with Crippen molar-refractivity contribution >= 4 is 35.8 Å². The van der Waals surface area contributed by atoms with Gasteiger partial charge >= 0.3 is 0 Å². The number of rotatable bonds is 5. The van der Waals surface area contributed by atoms with E-state index in [0.29, 0.717) is 35.8 Å². The monoisotopic (exact) mass is 421 g/mol. The Morgan fingerprint density at radius 1 is 1.18 bits per heavy atom. The van der Waals surface area contributed by atoms with Crippen molar-refractivity contribution in [3.63, 3.8) is 0 Å². The molecular formula is C21H25Cl2N3O2. The van der Waals surface area contributed by atoms with E-state index in [1.807, 2.05) is 36.1 Å². The summed E-state index contributed by atoms with van der Waals surface area (Å²) in [7, 11) is 0. The quantitative estimate of drug-likeness (QED) is 0.773. The van der Waals surface area contributed by atoms with Crippen molar-refractivity contribution in [3.05, 3.63) is 70.2 Å². The molecule has 1 heterocycles. The maximum Gasteiger partial charge on any atom is 0.254 e. The molecule has 5 nitrogen and oxygen atoms in total. The molecule has 0 bridgehead atoms. The van der Waals surface area contributed by atoms with Crippen molar-refractivity contribution in [2.24, 2.45) is 0 Å². The van der Waals surface area contributed by atoms with Crippen LogP contribution < -0.4 is 10.6 Å². The summed E-state index contributed by atoms with van der Waals surface area (Å²) in [5.74, 6) is -0.232. The van der Waals surface area contributed by atoms with Gasteiger partial charge in [-0.25, -0.2) is 0 Å². The standard InChI is InChI=1S/C21H24ClN3O2.ClH/c1-2-9-24-20(26)16-6-3-7-17(12-16)21(27)25-11-10-23-14-19(25)15-5-4-8-18(22)13-15;/h3-8,12-13,19,23H,2,9-11,14H2,1H3,(H,24,26);1H. The SMILES string of the molecule is CCCNC(=O)c1cccc(C(=O)N2CCNCC2c2cccc(Cl)c2)c1.Cl. The zero-order valence-corrected chi connectivity index (χ0v) is 17.4. The van der Waals surface area contributed by atoms with E-state index in [0.717, 1.165) is 18.5 Å². The lowest BCUT2D eigenvalue weighted by Crippen LogP contribution is -2.48. The fourth-order valence-corrected chi connectivity index (χ4v) is 3.46. The third kappa shape index (κ3) is 5.25. The van der Waals surface area contributed by atoms with E-state index in [1.54, 1.807) is 24.3 Å². The summed E-state index contributed by atoms with van der Waals surface area (Å²) in [4.78, 5) is 27.3. The van der Waals surface area contributed by atoms with Gasteiger partial charge in [-0.1, -0.05) is 36.7 Å². The van der Waals surface area contributed by atoms with E-state index >= 15 is 0 Å². The molecule has 3 rings (SSSR count). The summed E-state index contributed by atoms with van der Waals surface area (Å²) < 4.78 is 0. The second-order valence-electron chi connectivity index (χ2n) is 6.61. The fraction of sp³-hybridized carbons (Fsp3) is 0.333. The predicted molar refractivity (Wildman–Crippen MR) is 114 cm³/mol. The molecule has 0 aliphatic carbocycles. The first-order chi connectivity index (χ1) is 13.1. The Morgan fingerprint density at radius 2 is 1.93 bits per heavy atom. The van der Waals surface area contributed by atoms with Crippen molar-refractivity contribution < 1.29 is 9.59 Å². The second-order valence-corrected chi connectivity index (χ2v) is 7.05. The molecule has 2 aromatic carbocycles. The molecule has 0 radical (unpaired) electrons. The summed E-state index contributed by atoms with van der Waals surface area (Å²) >= 11 is 6.14. The highest BCUT2D eigenvalue weighted by molar-refractivity contribution is 6.30. The molecule has 1 fully saturated rings. The number of carbonyl (C=O) groups excluding carboxylic acids is 2. The summed E-state index contributed by atoms with van der Waals surface area (Å²) in [6, 6.07) is 14.4. The summed E-state index contributed by atoms with van der Waals surface area (Å²) in [6.07, 6.45) is 0.868. The first-order valence-corrected chi connectivity index (χ1v) is 9.63. The van der Waals surface area contributed by atoms with Gasteiger partial charge in [-0.2, -0.15) is 0 Å². The topological polar surface area (TPSA) is 61.4 Å². The van der Waals surface area contributed by atoms with Crippen molar-refractivity contribution in [2.75, 3.05) is 26.2 Å². The minimum Gasteiger partial charge on any atom is -0.352 e. The third-order valence-corrected chi connectivity index (χ3v) is 4.88. The molecule has 2 amide bonds. The Morgan fingerprint density at radius 3 is 2.68 bits per heavy atom. The van der Waals surface area contributed by atoms with E-state index in [1.165, 1.54) is 0 Å². The lowest BCUT2D eigenvalue weighted by atomic mass is 10.0. The predicted octanol–water partition coefficient (Wildman–Crippen LogP) is 3.69. The number of benzene rings is 2. The molecule has 28 heavy (non-hydrogen) atoms. The molecule has 0 spiro atoms. The van der Waals surface area contributed by atoms with Gasteiger partial charge in [-0.15, -0.1) is 12.4 Å². The maximum absolute atomic E-state index is 13.2. The van der Waals surface area contributed by atoms with Crippen LogP contribution in [0.1, 0.15) is 45.7 Å². The lowest BCUT2D eigenvalue weighted by molar-refractivity contribution is 0.0634. The van der Waals surface area contributed by atoms with Gasteiger partial charge in [-0.3, -0.25) is 9.59 Å². The molecule has 2 aromatic rings. The number of carbonyl (C=O) groups is 2. The van der Waals surface area contributed by atoms with Crippen LogP contribution in [0.15, 0.2) is 48.5 Å². The maximum atomic E-state index is 13.2. The first kappa shape index (κ1) is 22.2. The third-order valence-electron chi connectivity index (χ3n) is 4.64. The molecule has 2 N–H and O–H groups in total. The van der Waals surface area contributed by atoms with Gasteiger partial charge in [0.1, 0.15) is 0 Å². The van der Waals surface area contributed by atoms with Gasteiger partial charge in [0.05, 0.1) is 6.04 Å². The van der Waals surface area contributed by atoms with Crippen LogP contribution in [0.5, 0.6) is 0 Å². The number of piperazine rings is 1. The summed E-state index contributed by atoms with van der Waals surface area (Å²) in [5.41, 5.74) is 2.02. The van der Waals surface area contributed by atoms with E-state index < -0.39 is 0 Å². The zero-order valence-electron chi connectivity index (χ0n) is 15.8. The Labute approximate surface area is 176 Å². The molecule has 0 saturated carbocycles. The largest absolute Gasteiger partial charge is 0.352 e. The number of hydrogen-bond donors (Lipinski definition) is 2. The number of nitrogens with one attached hydrogen (secondary N) is 2. The number of halogens is 2. The number of hydrogen-bond acceptors (Lipinski definition) is 3. The number of nitrogens with zero attached hydrogens (tertiary/aromatic N) is 1. The van der Waals surface area contributed by atoms with Gasteiger partial charge < -0.3 is 15.5 Å². The van der Waals surface area contributed by atoms with Crippen LogP contribution >= 0.6 is 24.0 Å². The van der Waals surface area contributed by atoms with Gasteiger partial charge in [-0.05, 0) is 42.3 Å². The van der Waals surface area contributed by atoms with Crippen LogP contribution in [0.25, 0.3) is 0 Å². The van der Waals surface area contributed by atoms with Crippen LogP contribution in [-0.4, -0.2) is 42.9 Å². The normalized spacial score (nSPS) is 16.2. The van der Waals surface area contributed by atoms with E-state index in [-0.39, 0.29) is 30.3 Å². The molecule has 0 aromatic heterocycles. The molecule has 1 aliphatic rings. The number of amides is 2. The lowest BCUT2D eigenvalue weighted by Gasteiger charge is -2.36. The minimum absolute atomic E-state index is 0. The van der Waals surface area contributed by atoms with Crippen LogP contribution in [0.4, 0.5) is 0 Å². The molecule has 1 saturated heterocycles. The first-order valence-electron chi connectivity index (χ1n) is 9.25. The summed E-state index contributed by atoms with van der Waals surface area (Å²) in [6.45, 7) is 4.62. The highest BCUT2D eigenvalue weighted by Gasteiger charge is 2.29. The van der Waals surface area contributed by atoms with Crippen LogP contribution in [0.2, 0.25) is 5.02 Å². The van der Waals surface area contributed by atoms with Crippen molar-refractivity contribution in [1.29, 1.82) is 0 Å². The highest BCUT2D eigenvalue weighted by Crippen LogP contribution is 2.26. The fourth-order valence-electron chi connectivity index (χ4n) is 3.26. The second kappa shape index (κ2) is 10.5. The van der Waals surface area contributed by atoms with E-state index in [4.69, 9.17) is 11.6 Å². The Hall–Kier alpha value is -2.08. The zero-order chi connectivity index (χ0) is 19.2. The van der Waals surface area contributed by atoms with Gasteiger partial charge in [0.25, 0.3) is 11.8 Å². The molecular weight excluding hydrogens is 397 g/mol. The highest BCUT2D eigenvalue weighted by atomic mass is 35.5. The Kier molecular flexibility index (Phi) is 8.30. The van der Waals surface area contributed by atoms with Crippen molar-refractivity contribution in [2.45, 2.75) is 19.4 Å². The van der Waals surface area contributed by atoms with Crippen LogP contribution in [-0.2, 0) is 0 Å². The van der Waals surface area contributed by atoms with Gasteiger partial charge in [0, 0.05) is 42.3 Å².